The molecule has 3 aliphatic heterocycles. The van der Waals surface area contributed by atoms with Gasteiger partial charge in [-0.15, -0.1) is 12.4 Å². The summed E-state index contributed by atoms with van der Waals surface area (Å²) >= 11 is 0. The minimum Gasteiger partial charge on any atom is -0.478 e. The van der Waals surface area contributed by atoms with Gasteiger partial charge in [-0.05, 0) is 38.3 Å². The number of carbonyl (C=O) groups is 2. The van der Waals surface area contributed by atoms with Gasteiger partial charge in [0.25, 0.3) is 0 Å². The van der Waals surface area contributed by atoms with Crippen LogP contribution in [-0.2, 0) is 9.59 Å². The zero-order valence-corrected chi connectivity index (χ0v) is 17.2. The van der Waals surface area contributed by atoms with Gasteiger partial charge >= 0.3 is 11.9 Å². The van der Waals surface area contributed by atoms with Gasteiger partial charge in [-0.2, -0.15) is 0 Å². The Kier molecular flexibility index (Phi) is 6.35. The Hall–Kier alpha value is -2.23. The van der Waals surface area contributed by atoms with Gasteiger partial charge in [-0.25, -0.2) is 14.0 Å². The molecule has 0 bridgehead atoms. The number of carboxylic acids is 1. The Bertz CT molecular complexity index is 897. The van der Waals surface area contributed by atoms with Crippen LogP contribution < -0.4 is 15.4 Å². The van der Waals surface area contributed by atoms with Gasteiger partial charge in [0, 0.05) is 30.4 Å². The molecule has 3 heterocycles. The zero-order valence-electron chi connectivity index (χ0n) is 16.4. The summed E-state index contributed by atoms with van der Waals surface area (Å²) in [6.07, 6.45) is 2.43. The van der Waals surface area contributed by atoms with Crippen molar-refractivity contribution in [2.24, 2.45) is 11.7 Å². The lowest BCUT2D eigenvalue weighted by atomic mass is 9.85. The number of aliphatic carboxylic acids is 1. The molecule has 0 spiro atoms. The van der Waals surface area contributed by atoms with Crippen molar-refractivity contribution in [3.63, 3.8) is 0 Å². The summed E-state index contributed by atoms with van der Waals surface area (Å²) in [5, 5.41) is 9.88. The molecule has 30 heavy (non-hydrogen) atoms. The normalized spacial score (nSPS) is 28.2. The number of likely N-dealkylation sites (tertiary alicyclic amines) is 1. The van der Waals surface area contributed by atoms with Crippen LogP contribution in [0.4, 0.5) is 14.5 Å². The van der Waals surface area contributed by atoms with Crippen molar-refractivity contribution in [2.45, 2.75) is 37.9 Å². The molecule has 0 aliphatic carbocycles. The third-order valence-electron chi connectivity index (χ3n) is 6.09. The number of carbonyl (C=O) groups excluding carboxylic acids is 1. The van der Waals surface area contributed by atoms with Crippen LogP contribution in [0.3, 0.4) is 0 Å². The summed E-state index contributed by atoms with van der Waals surface area (Å²) in [6, 6.07) is 0.631. The van der Waals surface area contributed by atoms with Crippen LogP contribution >= 0.6 is 12.4 Å². The average molecular weight is 444 g/mol. The SMILES string of the molecule is CC1C(=O)Oc2cc(F)cc3c2N1C=C(C(=O)O)C3N1CC[C@H](CCF)[C@@H](N)C1.Cl. The fourth-order valence-electron chi connectivity index (χ4n) is 4.58. The van der Waals surface area contributed by atoms with Crippen LogP contribution in [0.1, 0.15) is 31.4 Å². The van der Waals surface area contributed by atoms with E-state index in [4.69, 9.17) is 10.5 Å². The number of anilines is 1. The molecule has 1 aromatic rings. The first-order valence-corrected chi connectivity index (χ1v) is 9.66. The van der Waals surface area contributed by atoms with Gasteiger partial charge in [0.1, 0.15) is 11.9 Å². The molecule has 1 aromatic carbocycles. The number of carboxylic acid groups (broad SMARTS) is 1. The predicted octanol–water partition coefficient (Wildman–Crippen LogP) is 2.39. The Morgan fingerprint density at radius 1 is 1.40 bits per heavy atom. The Labute approximate surface area is 178 Å². The lowest BCUT2D eigenvalue weighted by molar-refractivity contribution is -0.137. The maximum Gasteiger partial charge on any atom is 0.335 e. The molecule has 0 saturated carbocycles. The van der Waals surface area contributed by atoms with Crippen LogP contribution in [0, 0.1) is 11.7 Å². The van der Waals surface area contributed by atoms with E-state index in [0.29, 0.717) is 37.2 Å². The molecular formula is C20H24ClF2N3O4. The summed E-state index contributed by atoms with van der Waals surface area (Å²) in [7, 11) is 0. The lowest BCUT2D eigenvalue weighted by Gasteiger charge is -2.46. The van der Waals surface area contributed by atoms with Crippen LogP contribution in [0.2, 0.25) is 0 Å². The van der Waals surface area contributed by atoms with Crippen LogP contribution in [0.15, 0.2) is 23.9 Å². The number of alkyl halides is 1. The number of rotatable bonds is 4. The van der Waals surface area contributed by atoms with Crippen molar-refractivity contribution in [1.29, 1.82) is 0 Å². The summed E-state index contributed by atoms with van der Waals surface area (Å²) in [5.41, 5.74) is 7.19. The maximum absolute atomic E-state index is 14.4. The number of halogens is 3. The fraction of sp³-hybridized carbons (Fsp3) is 0.500. The molecule has 1 fully saturated rings. The molecule has 3 aliphatic rings. The van der Waals surface area contributed by atoms with E-state index in [1.807, 2.05) is 4.90 Å². The van der Waals surface area contributed by atoms with Crippen molar-refractivity contribution in [3.05, 3.63) is 35.3 Å². The van der Waals surface area contributed by atoms with Crippen molar-refractivity contribution >= 4 is 30.0 Å². The third kappa shape index (κ3) is 3.66. The molecule has 4 rings (SSSR count). The van der Waals surface area contributed by atoms with Gasteiger partial charge in [-0.1, -0.05) is 0 Å². The molecule has 0 aromatic heterocycles. The molecule has 10 heteroatoms. The lowest BCUT2D eigenvalue weighted by Crippen LogP contribution is -2.52. The molecule has 2 unspecified atom stereocenters. The van der Waals surface area contributed by atoms with E-state index in [1.54, 1.807) is 6.92 Å². The van der Waals surface area contributed by atoms with Gasteiger partial charge in [0.2, 0.25) is 0 Å². The molecule has 3 N–H and O–H groups in total. The highest BCUT2D eigenvalue weighted by molar-refractivity contribution is 5.96. The number of piperidine rings is 1. The second-order valence-electron chi connectivity index (χ2n) is 7.82. The largest absolute Gasteiger partial charge is 0.478 e. The van der Waals surface area contributed by atoms with E-state index in [1.165, 1.54) is 17.2 Å². The molecule has 1 saturated heterocycles. The van der Waals surface area contributed by atoms with E-state index in [-0.39, 0.29) is 35.7 Å². The number of ether oxygens (including phenoxy) is 1. The van der Waals surface area contributed by atoms with E-state index in [9.17, 15) is 23.5 Å². The van der Waals surface area contributed by atoms with Crippen molar-refractivity contribution in [3.8, 4) is 5.75 Å². The van der Waals surface area contributed by atoms with Gasteiger partial charge in [0.15, 0.2) is 5.75 Å². The van der Waals surface area contributed by atoms with Crippen molar-refractivity contribution < 1.29 is 28.2 Å². The highest BCUT2D eigenvalue weighted by Gasteiger charge is 2.44. The molecule has 0 radical (unpaired) electrons. The average Bonchev–Trinajstić information content (AvgIpc) is 2.66. The maximum atomic E-state index is 14.4. The number of hydrogen-bond donors (Lipinski definition) is 2. The molecule has 0 amide bonds. The monoisotopic (exact) mass is 443 g/mol. The number of hydrogen-bond acceptors (Lipinski definition) is 6. The quantitative estimate of drug-likeness (QED) is 0.545. The third-order valence-corrected chi connectivity index (χ3v) is 6.09. The van der Waals surface area contributed by atoms with E-state index < -0.39 is 36.5 Å². The first-order chi connectivity index (χ1) is 13.8. The smallest absolute Gasteiger partial charge is 0.335 e. The molecule has 164 valence electrons. The van der Waals surface area contributed by atoms with Crippen LogP contribution in [0.25, 0.3) is 0 Å². The Morgan fingerprint density at radius 3 is 2.77 bits per heavy atom. The molecular weight excluding hydrogens is 420 g/mol. The minimum atomic E-state index is -1.16. The number of nitrogens with zero attached hydrogens (tertiary/aromatic N) is 2. The summed E-state index contributed by atoms with van der Waals surface area (Å²) in [5.74, 6) is -2.25. The Morgan fingerprint density at radius 2 is 2.13 bits per heavy atom. The first kappa shape index (κ1) is 22.5. The van der Waals surface area contributed by atoms with E-state index in [0.717, 1.165) is 6.07 Å². The summed E-state index contributed by atoms with van der Waals surface area (Å²) in [6.45, 7) is 2.03. The highest BCUT2D eigenvalue weighted by Crippen LogP contribution is 2.48. The number of esters is 1. The van der Waals surface area contributed by atoms with Gasteiger partial charge in [-0.3, -0.25) is 9.29 Å². The van der Waals surface area contributed by atoms with E-state index in [2.05, 4.69) is 0 Å². The topological polar surface area (TPSA) is 96.1 Å². The van der Waals surface area contributed by atoms with E-state index >= 15 is 0 Å². The molecule has 4 atom stereocenters. The van der Waals surface area contributed by atoms with Crippen molar-refractivity contribution in [1.82, 2.24) is 4.90 Å². The zero-order chi connectivity index (χ0) is 20.9. The first-order valence-electron chi connectivity index (χ1n) is 9.66. The summed E-state index contributed by atoms with van der Waals surface area (Å²) in [4.78, 5) is 27.7. The van der Waals surface area contributed by atoms with Gasteiger partial charge < -0.3 is 20.5 Å². The standard InChI is InChI=1S/C20H23F2N3O4.ClH/c1-10-20(28)29-16-7-12(22)6-13-17(14(19(26)27)8-25(10)18(13)16)24-5-3-11(2-4-21)15(23)9-24;/h6-8,10-11,15,17H,2-5,9,23H2,1H3,(H,26,27);1H/t10?,11-,15-,17?;/m0./s1. The second kappa shape index (κ2) is 8.49. The van der Waals surface area contributed by atoms with Crippen LogP contribution in [0.5, 0.6) is 5.75 Å². The van der Waals surface area contributed by atoms with Crippen LogP contribution in [-0.4, -0.2) is 53.8 Å². The highest BCUT2D eigenvalue weighted by atomic mass is 35.5. The second-order valence-corrected chi connectivity index (χ2v) is 7.82. The summed E-state index contributed by atoms with van der Waals surface area (Å²) < 4.78 is 32.4. The minimum absolute atomic E-state index is 0. The van der Waals surface area contributed by atoms with Gasteiger partial charge in [0.05, 0.1) is 24.0 Å². The number of benzene rings is 1. The predicted molar refractivity (Wildman–Crippen MR) is 108 cm³/mol. The Balaban J connectivity index is 0.00000256. The molecule has 7 nitrogen and oxygen atoms in total. The van der Waals surface area contributed by atoms with Crippen molar-refractivity contribution in [2.75, 3.05) is 24.7 Å². The fourth-order valence-corrected chi connectivity index (χ4v) is 4.58. The number of nitrogens with two attached hydrogens (primary N) is 1.